The lowest BCUT2D eigenvalue weighted by Gasteiger charge is -2.04. The van der Waals surface area contributed by atoms with Crippen LogP contribution in [0.2, 0.25) is 0 Å². The van der Waals surface area contributed by atoms with Crippen LogP contribution in [0.4, 0.5) is 10.8 Å². The van der Waals surface area contributed by atoms with E-state index in [1.54, 1.807) is 36.8 Å². The maximum Gasteiger partial charge on any atom is 0.269 e. The van der Waals surface area contributed by atoms with E-state index >= 15 is 0 Å². The smallest absolute Gasteiger partial charge is 0.269 e. The first-order chi connectivity index (χ1) is 12.5. The van der Waals surface area contributed by atoms with E-state index in [-0.39, 0.29) is 18.0 Å². The van der Waals surface area contributed by atoms with Gasteiger partial charge >= 0.3 is 0 Å². The number of hydrogen-bond acceptors (Lipinski definition) is 6. The first-order valence-corrected chi connectivity index (χ1v) is 8.56. The number of carbonyl (C=O) groups is 1. The molecule has 0 radical (unpaired) electrons. The molecular weight excluding hydrogens is 354 g/mol. The Balaban J connectivity index is 1.63. The lowest BCUT2D eigenvalue weighted by atomic mass is 10.1. The Morgan fingerprint density at radius 1 is 1.19 bits per heavy atom. The molecule has 0 saturated heterocycles. The highest BCUT2D eigenvalue weighted by Gasteiger charge is 2.10. The summed E-state index contributed by atoms with van der Waals surface area (Å²) in [7, 11) is 1.59. The monoisotopic (exact) mass is 369 g/mol. The van der Waals surface area contributed by atoms with Gasteiger partial charge in [-0.3, -0.25) is 14.9 Å². The molecule has 0 fully saturated rings. The molecule has 2 aromatic carbocycles. The van der Waals surface area contributed by atoms with Crippen molar-refractivity contribution in [2.24, 2.45) is 0 Å². The topological polar surface area (TPSA) is 94.4 Å². The Morgan fingerprint density at radius 2 is 1.88 bits per heavy atom. The molecule has 0 aliphatic carbocycles. The molecular formula is C18H15N3O4S. The zero-order valence-corrected chi connectivity index (χ0v) is 14.7. The fourth-order valence-corrected chi connectivity index (χ4v) is 3.05. The summed E-state index contributed by atoms with van der Waals surface area (Å²) in [5, 5.41) is 15.7. The third kappa shape index (κ3) is 4.22. The maximum atomic E-state index is 12.2. The van der Waals surface area contributed by atoms with E-state index in [0.717, 1.165) is 16.9 Å². The van der Waals surface area contributed by atoms with Gasteiger partial charge in [0.25, 0.3) is 5.69 Å². The lowest BCUT2D eigenvalue weighted by Crippen LogP contribution is -2.14. The molecule has 0 bridgehead atoms. The summed E-state index contributed by atoms with van der Waals surface area (Å²) in [6, 6.07) is 13.4. The summed E-state index contributed by atoms with van der Waals surface area (Å²) in [6.07, 6.45) is 0.233. The summed E-state index contributed by atoms with van der Waals surface area (Å²) in [6.45, 7) is 0. The number of nitrogens with one attached hydrogen (secondary N) is 1. The zero-order chi connectivity index (χ0) is 18.5. The number of carbonyl (C=O) groups excluding carboxylic acids is 1. The largest absolute Gasteiger partial charge is 0.497 e. The van der Waals surface area contributed by atoms with Crippen molar-refractivity contribution in [3.63, 3.8) is 0 Å². The minimum absolute atomic E-state index is 0.0250. The van der Waals surface area contributed by atoms with Gasteiger partial charge in [-0.1, -0.05) is 12.1 Å². The van der Waals surface area contributed by atoms with Crippen LogP contribution in [-0.2, 0) is 11.2 Å². The van der Waals surface area contributed by atoms with Gasteiger partial charge in [-0.2, -0.15) is 0 Å². The fourth-order valence-electron chi connectivity index (χ4n) is 2.31. The number of hydrogen-bond donors (Lipinski definition) is 1. The molecule has 7 nitrogen and oxygen atoms in total. The summed E-state index contributed by atoms with van der Waals surface area (Å²) in [5.74, 6) is 0.571. The van der Waals surface area contributed by atoms with E-state index in [1.165, 1.54) is 23.5 Å². The van der Waals surface area contributed by atoms with Crippen molar-refractivity contribution >= 4 is 28.1 Å². The zero-order valence-electron chi connectivity index (χ0n) is 13.8. The average molecular weight is 369 g/mol. The first kappa shape index (κ1) is 17.6. The molecule has 0 spiro atoms. The average Bonchev–Trinajstić information content (AvgIpc) is 3.10. The van der Waals surface area contributed by atoms with E-state index in [1.807, 2.05) is 12.1 Å². The van der Waals surface area contributed by atoms with Gasteiger partial charge in [0.1, 0.15) is 5.75 Å². The normalized spacial score (nSPS) is 10.3. The second kappa shape index (κ2) is 7.75. The molecule has 0 saturated carbocycles. The Labute approximate surface area is 153 Å². The fraction of sp³-hybridized carbons (Fsp3) is 0.111. The second-order valence-electron chi connectivity index (χ2n) is 5.41. The molecule has 3 rings (SSSR count). The van der Waals surface area contributed by atoms with Crippen LogP contribution in [0.3, 0.4) is 0 Å². The maximum absolute atomic E-state index is 12.2. The first-order valence-electron chi connectivity index (χ1n) is 7.68. The highest BCUT2D eigenvalue weighted by Crippen LogP contribution is 2.26. The SMILES string of the molecule is COc1ccc(CC(=O)Nc2nc(-c3ccc([N+](=O)[O-])cc3)cs2)cc1. The van der Waals surface area contributed by atoms with Crippen LogP contribution in [0.1, 0.15) is 5.56 Å². The summed E-state index contributed by atoms with van der Waals surface area (Å²) >= 11 is 1.30. The number of nitrogens with zero attached hydrogens (tertiary/aromatic N) is 2. The van der Waals surface area contributed by atoms with Crippen molar-refractivity contribution in [1.29, 1.82) is 0 Å². The number of benzene rings is 2. The predicted octanol–water partition coefficient (Wildman–Crippen LogP) is 3.91. The Bertz CT molecular complexity index is 920. The summed E-state index contributed by atoms with van der Waals surface area (Å²) in [5.41, 5.74) is 2.31. The van der Waals surface area contributed by atoms with Gasteiger partial charge in [0, 0.05) is 23.1 Å². The van der Waals surface area contributed by atoms with E-state index in [2.05, 4.69) is 10.3 Å². The third-order valence-corrected chi connectivity index (χ3v) is 4.41. The van der Waals surface area contributed by atoms with Crippen LogP contribution in [0.25, 0.3) is 11.3 Å². The lowest BCUT2D eigenvalue weighted by molar-refractivity contribution is -0.384. The van der Waals surface area contributed by atoms with Gasteiger partial charge < -0.3 is 10.1 Å². The molecule has 0 unspecified atom stereocenters. The summed E-state index contributed by atoms with van der Waals surface area (Å²) in [4.78, 5) is 26.8. The third-order valence-electron chi connectivity index (χ3n) is 3.65. The van der Waals surface area contributed by atoms with Crippen molar-refractivity contribution in [3.05, 3.63) is 69.6 Å². The molecule has 0 aliphatic rings. The van der Waals surface area contributed by atoms with Crippen molar-refractivity contribution in [2.45, 2.75) is 6.42 Å². The Morgan fingerprint density at radius 3 is 2.50 bits per heavy atom. The number of methoxy groups -OCH3 is 1. The van der Waals surface area contributed by atoms with Gasteiger partial charge in [-0.15, -0.1) is 11.3 Å². The number of amides is 1. The molecule has 132 valence electrons. The molecule has 1 aromatic heterocycles. The Hall–Kier alpha value is -3.26. The predicted molar refractivity (Wildman–Crippen MR) is 99.5 cm³/mol. The highest BCUT2D eigenvalue weighted by molar-refractivity contribution is 7.14. The van der Waals surface area contributed by atoms with E-state index < -0.39 is 4.92 Å². The van der Waals surface area contributed by atoms with Crippen LogP contribution in [0.15, 0.2) is 53.9 Å². The number of rotatable bonds is 6. The van der Waals surface area contributed by atoms with Crippen molar-refractivity contribution in [2.75, 3.05) is 12.4 Å². The van der Waals surface area contributed by atoms with E-state index in [0.29, 0.717) is 10.8 Å². The molecule has 0 atom stereocenters. The highest BCUT2D eigenvalue weighted by atomic mass is 32.1. The van der Waals surface area contributed by atoms with Crippen LogP contribution in [0.5, 0.6) is 5.75 Å². The minimum Gasteiger partial charge on any atom is -0.497 e. The van der Waals surface area contributed by atoms with Gasteiger partial charge in [0.15, 0.2) is 5.13 Å². The standard InChI is InChI=1S/C18H15N3O4S/c1-25-15-8-2-12(3-9-15)10-17(22)20-18-19-16(11-26-18)13-4-6-14(7-5-13)21(23)24/h2-9,11H,10H2,1H3,(H,19,20,22). The number of nitro benzene ring substituents is 1. The van der Waals surface area contributed by atoms with Crippen LogP contribution in [-0.4, -0.2) is 22.9 Å². The summed E-state index contributed by atoms with van der Waals surface area (Å²) < 4.78 is 5.09. The minimum atomic E-state index is -0.449. The van der Waals surface area contributed by atoms with Gasteiger partial charge in [0.2, 0.25) is 5.91 Å². The Kier molecular flexibility index (Phi) is 5.23. The van der Waals surface area contributed by atoms with Gasteiger partial charge in [-0.25, -0.2) is 4.98 Å². The molecule has 1 N–H and O–H groups in total. The number of ether oxygens (including phenoxy) is 1. The van der Waals surface area contributed by atoms with Crippen molar-refractivity contribution in [1.82, 2.24) is 4.98 Å². The quantitative estimate of drug-likeness (QED) is 0.525. The van der Waals surface area contributed by atoms with Gasteiger partial charge in [-0.05, 0) is 29.8 Å². The molecule has 8 heteroatoms. The number of nitro groups is 1. The van der Waals surface area contributed by atoms with E-state index in [9.17, 15) is 14.9 Å². The van der Waals surface area contributed by atoms with Crippen LogP contribution < -0.4 is 10.1 Å². The molecule has 0 aliphatic heterocycles. The van der Waals surface area contributed by atoms with Gasteiger partial charge in [0.05, 0.1) is 24.1 Å². The number of aromatic nitrogens is 1. The second-order valence-corrected chi connectivity index (χ2v) is 6.27. The number of non-ortho nitro benzene ring substituents is 1. The van der Waals surface area contributed by atoms with Crippen molar-refractivity contribution < 1.29 is 14.5 Å². The molecule has 3 aromatic rings. The van der Waals surface area contributed by atoms with E-state index in [4.69, 9.17) is 4.74 Å². The van der Waals surface area contributed by atoms with Crippen LogP contribution in [0, 0.1) is 10.1 Å². The van der Waals surface area contributed by atoms with Crippen LogP contribution >= 0.6 is 11.3 Å². The molecule has 1 heterocycles. The van der Waals surface area contributed by atoms with Crippen molar-refractivity contribution in [3.8, 4) is 17.0 Å². The number of thiazole rings is 1. The number of anilines is 1. The molecule has 26 heavy (non-hydrogen) atoms. The molecule has 1 amide bonds.